The van der Waals surface area contributed by atoms with Gasteiger partial charge in [-0.2, -0.15) is 0 Å². The van der Waals surface area contributed by atoms with Crippen molar-refractivity contribution in [2.75, 3.05) is 6.61 Å². The van der Waals surface area contributed by atoms with Crippen LogP contribution in [0, 0.1) is 5.82 Å². The van der Waals surface area contributed by atoms with E-state index in [0.29, 0.717) is 22.8 Å². The predicted molar refractivity (Wildman–Crippen MR) is 136 cm³/mol. The zero-order valence-electron chi connectivity index (χ0n) is 20.1. The first-order valence-corrected chi connectivity index (χ1v) is 11.8. The van der Waals surface area contributed by atoms with Crippen LogP contribution < -0.4 is 10.1 Å². The monoisotopic (exact) mass is 496 g/mol. The minimum atomic E-state index is -0.808. The molecule has 0 fully saturated rings. The number of amides is 2. The van der Waals surface area contributed by atoms with Crippen LogP contribution in [0.5, 0.6) is 5.75 Å². The van der Waals surface area contributed by atoms with Crippen LogP contribution in [0.15, 0.2) is 78.9 Å². The summed E-state index contributed by atoms with van der Waals surface area (Å²) < 4.78 is 18.9. The summed E-state index contributed by atoms with van der Waals surface area (Å²) in [5, 5.41) is 3.51. The molecular weight excluding hydrogens is 467 g/mol. The van der Waals surface area contributed by atoms with Gasteiger partial charge in [-0.05, 0) is 62.2 Å². The third-order valence-corrected chi connectivity index (χ3v) is 5.61. The number of ether oxygens (including phenoxy) is 1. The lowest BCUT2D eigenvalue weighted by molar-refractivity contribution is -0.143. The summed E-state index contributed by atoms with van der Waals surface area (Å²) in [6.45, 7) is 5.48. The lowest BCUT2D eigenvalue weighted by Crippen LogP contribution is -2.55. The Bertz CT molecular complexity index is 1130. The molecule has 5 nitrogen and oxygen atoms in total. The van der Waals surface area contributed by atoms with Crippen molar-refractivity contribution in [1.29, 1.82) is 0 Å². The third-order valence-electron chi connectivity index (χ3n) is 5.24. The fourth-order valence-corrected chi connectivity index (χ4v) is 3.77. The van der Waals surface area contributed by atoms with Crippen LogP contribution in [0.2, 0.25) is 5.02 Å². The average molecular weight is 497 g/mol. The molecule has 0 aromatic heterocycles. The lowest BCUT2D eigenvalue weighted by Gasteiger charge is -2.34. The maximum atomic E-state index is 13.5. The van der Waals surface area contributed by atoms with E-state index in [4.69, 9.17) is 16.3 Å². The molecule has 0 aliphatic carbocycles. The second-order valence-corrected chi connectivity index (χ2v) is 9.71. The second-order valence-electron chi connectivity index (χ2n) is 9.30. The van der Waals surface area contributed by atoms with Crippen LogP contribution >= 0.6 is 11.6 Å². The van der Waals surface area contributed by atoms with Gasteiger partial charge in [0.15, 0.2) is 6.61 Å². The number of nitrogens with one attached hydrogen (secondary N) is 1. The van der Waals surface area contributed by atoms with Gasteiger partial charge in [0.2, 0.25) is 5.91 Å². The first-order chi connectivity index (χ1) is 16.6. The smallest absolute Gasteiger partial charge is 0.261 e. The van der Waals surface area contributed by atoms with Crippen LogP contribution in [0.1, 0.15) is 31.9 Å². The molecule has 0 heterocycles. The van der Waals surface area contributed by atoms with E-state index in [1.165, 1.54) is 29.2 Å². The van der Waals surface area contributed by atoms with Gasteiger partial charge in [0.25, 0.3) is 5.91 Å². The molecule has 7 heteroatoms. The molecule has 0 aliphatic heterocycles. The van der Waals surface area contributed by atoms with Crippen molar-refractivity contribution in [2.45, 2.75) is 45.3 Å². The van der Waals surface area contributed by atoms with Crippen LogP contribution in [0.25, 0.3) is 0 Å². The molecule has 1 atom stereocenters. The zero-order valence-corrected chi connectivity index (χ0v) is 20.9. The Labute approximate surface area is 210 Å². The standard InChI is InChI=1S/C28H30ClFN2O3/c1-28(2,3)31-27(34)25(17-20-9-5-4-6-10-20)32(18-21-11-7-8-12-24(21)29)26(33)19-35-23-15-13-22(30)14-16-23/h4-16,25H,17-19H2,1-3H3,(H,31,34)/t25-/m1/s1. The van der Waals surface area contributed by atoms with Gasteiger partial charge in [-0.15, -0.1) is 0 Å². The van der Waals surface area contributed by atoms with E-state index in [1.54, 1.807) is 6.07 Å². The van der Waals surface area contributed by atoms with Crippen LogP contribution in [-0.2, 0) is 22.6 Å². The number of carbonyl (C=O) groups excluding carboxylic acids is 2. The highest BCUT2D eigenvalue weighted by molar-refractivity contribution is 6.31. The maximum Gasteiger partial charge on any atom is 0.261 e. The third kappa shape index (κ3) is 8.11. The number of hydrogen-bond acceptors (Lipinski definition) is 3. The molecule has 1 N–H and O–H groups in total. The topological polar surface area (TPSA) is 58.6 Å². The van der Waals surface area contributed by atoms with Gasteiger partial charge in [0, 0.05) is 23.5 Å². The second kappa shape index (κ2) is 11.8. The van der Waals surface area contributed by atoms with E-state index in [-0.39, 0.29) is 25.0 Å². The van der Waals surface area contributed by atoms with Crippen molar-refractivity contribution in [1.82, 2.24) is 10.2 Å². The fourth-order valence-electron chi connectivity index (χ4n) is 3.58. The molecule has 3 aromatic rings. The van der Waals surface area contributed by atoms with Gasteiger partial charge >= 0.3 is 0 Å². The normalized spacial score (nSPS) is 12.0. The van der Waals surface area contributed by atoms with Crippen molar-refractivity contribution in [2.24, 2.45) is 0 Å². The van der Waals surface area contributed by atoms with Gasteiger partial charge < -0.3 is 15.0 Å². The summed E-state index contributed by atoms with van der Waals surface area (Å²) in [6, 6.07) is 21.4. The van der Waals surface area contributed by atoms with Gasteiger partial charge in [-0.1, -0.05) is 60.1 Å². The molecule has 0 spiro atoms. The van der Waals surface area contributed by atoms with Gasteiger partial charge in [0.1, 0.15) is 17.6 Å². The molecule has 0 bridgehead atoms. The Morgan fingerprint density at radius 1 is 0.971 bits per heavy atom. The number of nitrogens with zero attached hydrogens (tertiary/aromatic N) is 1. The molecule has 0 unspecified atom stereocenters. The maximum absolute atomic E-state index is 13.5. The quantitative estimate of drug-likeness (QED) is 0.430. The van der Waals surface area contributed by atoms with E-state index in [1.807, 2.05) is 69.3 Å². The summed E-state index contributed by atoms with van der Waals surface area (Å²) in [5.74, 6) is -0.704. The van der Waals surface area contributed by atoms with Gasteiger partial charge in [-0.3, -0.25) is 9.59 Å². The molecular formula is C28H30ClFN2O3. The molecule has 35 heavy (non-hydrogen) atoms. The summed E-state index contributed by atoms with van der Waals surface area (Å²) in [4.78, 5) is 28.5. The Kier molecular flexibility index (Phi) is 8.88. The van der Waals surface area contributed by atoms with Crippen LogP contribution in [0.3, 0.4) is 0 Å². The largest absolute Gasteiger partial charge is 0.484 e. The van der Waals surface area contributed by atoms with Crippen LogP contribution in [0.4, 0.5) is 4.39 Å². The molecule has 3 rings (SSSR count). The average Bonchev–Trinajstić information content (AvgIpc) is 2.81. The van der Waals surface area contributed by atoms with E-state index in [0.717, 1.165) is 5.56 Å². The molecule has 0 saturated heterocycles. The van der Waals surface area contributed by atoms with Crippen molar-refractivity contribution < 1.29 is 18.7 Å². The number of halogens is 2. The van der Waals surface area contributed by atoms with E-state index in [2.05, 4.69) is 5.32 Å². The summed E-state index contributed by atoms with van der Waals surface area (Å²) in [6.07, 6.45) is 0.315. The number of hydrogen-bond donors (Lipinski definition) is 1. The summed E-state index contributed by atoms with van der Waals surface area (Å²) in [7, 11) is 0. The van der Waals surface area contributed by atoms with Gasteiger partial charge in [-0.25, -0.2) is 4.39 Å². The lowest BCUT2D eigenvalue weighted by atomic mass is 10.0. The molecule has 0 saturated carbocycles. The SMILES string of the molecule is CC(C)(C)NC(=O)[C@@H](Cc1ccccc1)N(Cc1ccccc1Cl)C(=O)COc1ccc(F)cc1. The molecule has 0 radical (unpaired) electrons. The van der Waals surface area contributed by atoms with Crippen LogP contribution in [-0.4, -0.2) is 34.9 Å². The van der Waals surface area contributed by atoms with Crippen molar-refractivity contribution >= 4 is 23.4 Å². The van der Waals surface area contributed by atoms with E-state index >= 15 is 0 Å². The molecule has 0 aliphatic rings. The summed E-state index contributed by atoms with van der Waals surface area (Å²) >= 11 is 6.41. The Hall–Kier alpha value is -3.38. The molecule has 184 valence electrons. The van der Waals surface area contributed by atoms with Crippen molar-refractivity contribution in [3.8, 4) is 5.75 Å². The molecule has 3 aromatic carbocycles. The van der Waals surface area contributed by atoms with Gasteiger partial charge in [0.05, 0.1) is 0 Å². The highest BCUT2D eigenvalue weighted by atomic mass is 35.5. The predicted octanol–water partition coefficient (Wildman–Crippen LogP) is 5.41. The Morgan fingerprint density at radius 3 is 2.23 bits per heavy atom. The van der Waals surface area contributed by atoms with Crippen molar-refractivity contribution in [3.63, 3.8) is 0 Å². The number of carbonyl (C=O) groups is 2. The first-order valence-electron chi connectivity index (χ1n) is 11.4. The van der Waals surface area contributed by atoms with Crippen molar-refractivity contribution in [3.05, 3.63) is 101 Å². The molecule has 2 amide bonds. The minimum absolute atomic E-state index is 0.125. The van der Waals surface area contributed by atoms with E-state index in [9.17, 15) is 14.0 Å². The Balaban J connectivity index is 1.93. The Morgan fingerprint density at radius 2 is 1.60 bits per heavy atom. The highest BCUT2D eigenvalue weighted by Gasteiger charge is 2.32. The number of rotatable bonds is 9. The zero-order chi connectivity index (χ0) is 25.4. The van der Waals surface area contributed by atoms with E-state index < -0.39 is 17.4 Å². The minimum Gasteiger partial charge on any atom is -0.484 e. The first kappa shape index (κ1) is 26.2. The summed E-state index contributed by atoms with van der Waals surface area (Å²) in [5.41, 5.74) is 1.14. The fraction of sp³-hybridized carbons (Fsp3) is 0.286. The highest BCUT2D eigenvalue weighted by Crippen LogP contribution is 2.21. The number of benzene rings is 3.